The molecule has 3 N–H and O–H groups in total. The van der Waals surface area contributed by atoms with Gasteiger partial charge in [-0.2, -0.15) is 4.98 Å². The fourth-order valence-corrected chi connectivity index (χ4v) is 7.34. The van der Waals surface area contributed by atoms with Crippen LogP contribution >= 0.6 is 0 Å². The first-order chi connectivity index (χ1) is 25.2. The van der Waals surface area contributed by atoms with Crippen molar-refractivity contribution >= 4 is 29.6 Å². The first kappa shape index (κ1) is 43.1. The number of hydrogen-bond donors (Lipinski definition) is 3. The van der Waals surface area contributed by atoms with Crippen molar-refractivity contribution in [2.45, 2.75) is 110 Å². The number of anilines is 1. The molecule has 14 heteroatoms. The number of hydrogen-bond acceptors (Lipinski definition) is 10. The largest absolute Gasteiger partial charge is 0.481 e. The van der Waals surface area contributed by atoms with Crippen LogP contribution < -0.4 is 15.4 Å². The highest BCUT2D eigenvalue weighted by Crippen LogP contribution is 2.30. The minimum Gasteiger partial charge on any atom is -0.481 e. The Balaban J connectivity index is 1.79. The van der Waals surface area contributed by atoms with Gasteiger partial charge in [0.05, 0.1) is 43.7 Å². The number of carbonyl (C=O) groups is 4. The molecule has 0 aliphatic carbocycles. The van der Waals surface area contributed by atoms with Crippen molar-refractivity contribution in [2.75, 3.05) is 40.2 Å². The lowest BCUT2D eigenvalue weighted by atomic mass is 9.89. The van der Waals surface area contributed by atoms with Crippen LogP contribution in [0, 0.1) is 17.8 Å². The maximum absolute atomic E-state index is 14.2. The van der Waals surface area contributed by atoms with Gasteiger partial charge in [0.1, 0.15) is 12.1 Å². The number of methoxy groups -OCH3 is 3. The Hall–Kier alpha value is -4.30. The van der Waals surface area contributed by atoms with Gasteiger partial charge in [-0.1, -0.05) is 78.3 Å². The fraction of sp³-hybridized carbons (Fsp3) is 0.641. The smallest absolute Gasteiger partial charge is 0.326 e. The molecule has 0 saturated carbocycles. The molecule has 2 unspecified atom stereocenters. The van der Waals surface area contributed by atoms with Crippen molar-refractivity contribution in [3.8, 4) is 5.88 Å². The van der Waals surface area contributed by atoms with E-state index in [0.29, 0.717) is 25.3 Å². The summed E-state index contributed by atoms with van der Waals surface area (Å²) in [7, 11) is 6.30. The molecule has 0 bridgehead atoms. The molecule has 1 aromatic heterocycles. The number of likely N-dealkylation sites (tertiary alicyclic amines) is 1. The topological polar surface area (TPSA) is 173 Å². The number of amides is 3. The van der Waals surface area contributed by atoms with Crippen LogP contribution in [0.25, 0.3) is 0 Å². The molecule has 1 saturated heterocycles. The van der Waals surface area contributed by atoms with Gasteiger partial charge in [0, 0.05) is 46.0 Å². The van der Waals surface area contributed by atoms with Gasteiger partial charge in [-0.3, -0.25) is 14.4 Å². The van der Waals surface area contributed by atoms with Crippen LogP contribution in [0.1, 0.15) is 78.7 Å². The Morgan fingerprint density at radius 1 is 1.00 bits per heavy atom. The van der Waals surface area contributed by atoms with Crippen LogP contribution in [0.2, 0.25) is 0 Å². The van der Waals surface area contributed by atoms with Crippen molar-refractivity contribution in [3.05, 3.63) is 48.2 Å². The molecule has 2 aromatic rings. The second kappa shape index (κ2) is 20.2. The second-order valence-electron chi connectivity index (χ2n) is 14.4. The van der Waals surface area contributed by atoms with Crippen molar-refractivity contribution in [3.63, 3.8) is 0 Å². The number of carbonyl (C=O) groups excluding carboxylic acids is 3. The molecule has 9 atom stereocenters. The summed E-state index contributed by atoms with van der Waals surface area (Å²) in [5.41, 5.74) is 0.793. The van der Waals surface area contributed by atoms with Crippen molar-refractivity contribution in [1.82, 2.24) is 25.1 Å². The van der Waals surface area contributed by atoms with Gasteiger partial charge < -0.3 is 39.8 Å². The van der Waals surface area contributed by atoms with E-state index in [0.717, 1.165) is 12.0 Å². The van der Waals surface area contributed by atoms with E-state index in [9.17, 15) is 24.3 Å². The highest BCUT2D eigenvalue weighted by Gasteiger charge is 2.43. The molecule has 1 aliphatic heterocycles. The minimum absolute atomic E-state index is 0.00505. The number of aromatic nitrogens is 2. The van der Waals surface area contributed by atoms with Crippen molar-refractivity contribution in [1.29, 1.82) is 0 Å². The number of nitrogens with one attached hydrogen (secondary N) is 2. The Kier molecular flexibility index (Phi) is 16.5. The number of rotatable bonds is 20. The summed E-state index contributed by atoms with van der Waals surface area (Å²) in [6.07, 6.45) is 2.31. The molecular formula is C39H60N6O8. The Labute approximate surface area is 314 Å². The minimum atomic E-state index is -1.15. The molecule has 1 aliphatic rings. The van der Waals surface area contributed by atoms with Gasteiger partial charge in [0.2, 0.25) is 29.5 Å². The Morgan fingerprint density at radius 3 is 2.25 bits per heavy atom. The van der Waals surface area contributed by atoms with Crippen LogP contribution in [0.3, 0.4) is 0 Å². The van der Waals surface area contributed by atoms with Gasteiger partial charge in [-0.15, -0.1) is 0 Å². The summed E-state index contributed by atoms with van der Waals surface area (Å²) in [5.74, 6) is -2.71. The number of aliphatic carboxylic acids is 1. The van der Waals surface area contributed by atoms with Crippen molar-refractivity contribution in [2.24, 2.45) is 17.8 Å². The lowest BCUT2D eigenvalue weighted by Gasteiger charge is -2.40. The monoisotopic (exact) mass is 740 g/mol. The average Bonchev–Trinajstić information content (AvgIpc) is 3.65. The maximum Gasteiger partial charge on any atom is 0.326 e. The van der Waals surface area contributed by atoms with Gasteiger partial charge in [-0.05, 0) is 30.2 Å². The summed E-state index contributed by atoms with van der Waals surface area (Å²) in [6, 6.07) is 8.12. The second-order valence-corrected chi connectivity index (χ2v) is 14.4. The van der Waals surface area contributed by atoms with Crippen LogP contribution in [-0.4, -0.2) is 120 Å². The average molecular weight is 741 g/mol. The van der Waals surface area contributed by atoms with E-state index >= 15 is 0 Å². The van der Waals surface area contributed by atoms with Gasteiger partial charge >= 0.3 is 5.97 Å². The van der Waals surface area contributed by atoms with E-state index < -0.39 is 60.1 Å². The normalized spacial score (nSPS) is 18.9. The lowest BCUT2D eigenvalue weighted by molar-refractivity contribution is -0.147. The lowest BCUT2D eigenvalue weighted by Crippen LogP contribution is -2.56. The van der Waals surface area contributed by atoms with Crippen LogP contribution in [0.5, 0.6) is 5.88 Å². The van der Waals surface area contributed by atoms with E-state index in [1.54, 1.807) is 50.1 Å². The summed E-state index contributed by atoms with van der Waals surface area (Å²) in [5, 5.41) is 15.9. The van der Waals surface area contributed by atoms with E-state index in [2.05, 4.69) is 20.6 Å². The van der Waals surface area contributed by atoms with E-state index in [4.69, 9.17) is 14.2 Å². The van der Waals surface area contributed by atoms with E-state index in [1.807, 2.05) is 58.0 Å². The molecule has 3 rings (SSSR count). The summed E-state index contributed by atoms with van der Waals surface area (Å²) < 4.78 is 17.1. The SMILES string of the molecule is CC[C@H](C)[C@@H]([C@@H](CC(=O)N1CCC[C@H]1[C@H](OC)[C@@H](C)C(=O)NC(C(=O)O)C(C)c1ccccc1)OC)N(C)C(=O)[C@@H](Nc1nccc(OC)n1)C(C)C. The van der Waals surface area contributed by atoms with Crippen molar-refractivity contribution < 1.29 is 38.5 Å². The molecule has 0 spiro atoms. The molecule has 1 aromatic carbocycles. The summed E-state index contributed by atoms with van der Waals surface area (Å²) >= 11 is 0. The number of likely N-dealkylation sites (N-methyl/N-ethyl adjacent to an activating group) is 1. The summed E-state index contributed by atoms with van der Waals surface area (Å²) in [4.78, 5) is 66.2. The number of carboxylic acid groups (broad SMARTS) is 1. The Bertz CT molecular complexity index is 1500. The number of benzene rings is 1. The molecule has 0 radical (unpaired) electrons. The highest BCUT2D eigenvalue weighted by molar-refractivity contribution is 5.86. The predicted molar refractivity (Wildman–Crippen MR) is 201 cm³/mol. The summed E-state index contributed by atoms with van der Waals surface area (Å²) in [6.45, 7) is 11.9. The first-order valence-electron chi connectivity index (χ1n) is 18.5. The highest BCUT2D eigenvalue weighted by atomic mass is 16.5. The molecule has 14 nitrogen and oxygen atoms in total. The van der Waals surface area contributed by atoms with E-state index in [-0.39, 0.29) is 36.0 Å². The molecule has 2 heterocycles. The van der Waals surface area contributed by atoms with Crippen LogP contribution in [-0.2, 0) is 28.7 Å². The number of nitrogens with zero attached hydrogens (tertiary/aromatic N) is 4. The fourth-order valence-electron chi connectivity index (χ4n) is 7.34. The molecule has 53 heavy (non-hydrogen) atoms. The third kappa shape index (κ3) is 10.9. The Morgan fingerprint density at radius 2 is 1.68 bits per heavy atom. The maximum atomic E-state index is 14.2. The number of ether oxygens (including phenoxy) is 3. The van der Waals surface area contributed by atoms with Crippen LogP contribution in [0.4, 0.5) is 5.95 Å². The quantitative estimate of drug-likeness (QED) is 0.178. The van der Waals surface area contributed by atoms with Gasteiger partial charge in [0.15, 0.2) is 0 Å². The first-order valence-corrected chi connectivity index (χ1v) is 18.5. The molecule has 3 amide bonds. The molecular weight excluding hydrogens is 680 g/mol. The third-order valence-corrected chi connectivity index (χ3v) is 10.7. The molecule has 1 fully saturated rings. The third-order valence-electron chi connectivity index (χ3n) is 10.7. The zero-order chi connectivity index (χ0) is 39.4. The van der Waals surface area contributed by atoms with Gasteiger partial charge in [-0.25, -0.2) is 9.78 Å². The van der Waals surface area contributed by atoms with Crippen LogP contribution in [0.15, 0.2) is 42.6 Å². The van der Waals surface area contributed by atoms with E-state index in [1.165, 1.54) is 14.2 Å². The zero-order valence-corrected chi connectivity index (χ0v) is 32.9. The predicted octanol–water partition coefficient (Wildman–Crippen LogP) is 4.22. The molecule has 294 valence electrons. The number of carboxylic acids is 1. The van der Waals surface area contributed by atoms with Gasteiger partial charge in [0.25, 0.3) is 0 Å². The standard InChI is InChI=1S/C39H60N6O8/c1-11-24(4)34(44(7)37(48)32(23(2)3)43-39-40-20-19-30(41-39)52-9)29(51-8)22-31(46)45-21-15-18-28(45)35(53-10)26(6)36(47)42-33(38(49)50)25(5)27-16-13-12-14-17-27/h12-14,16-17,19-20,23-26,28-29,32-35H,11,15,18,21-22H2,1-10H3,(H,42,47)(H,49,50)(H,40,41,43)/t24-,25?,26+,28-,29+,32-,33?,34-,35+/m0/s1. The zero-order valence-electron chi connectivity index (χ0n) is 32.9.